The zero-order valence-corrected chi connectivity index (χ0v) is 12.7. The van der Waals surface area contributed by atoms with Crippen LogP contribution in [0.15, 0.2) is 23.3 Å². The predicted molar refractivity (Wildman–Crippen MR) is 78.2 cm³/mol. The molecule has 1 fully saturated rings. The van der Waals surface area contributed by atoms with Crippen LogP contribution in [0.4, 0.5) is 13.2 Å². The number of morpholine rings is 1. The Morgan fingerprint density at radius 1 is 1.25 bits per heavy atom. The second-order valence-electron chi connectivity index (χ2n) is 5.50. The number of halogens is 3. The van der Waals surface area contributed by atoms with E-state index in [1.54, 1.807) is 0 Å². The van der Waals surface area contributed by atoms with Crippen LogP contribution in [0.25, 0.3) is 0 Å². The van der Waals surface area contributed by atoms with Crippen LogP contribution in [0, 0.1) is 0 Å². The molecule has 1 aromatic carbocycles. The van der Waals surface area contributed by atoms with Crippen molar-refractivity contribution in [1.29, 1.82) is 0 Å². The molecule has 24 heavy (non-hydrogen) atoms. The highest BCUT2D eigenvalue weighted by Crippen LogP contribution is 2.33. The Morgan fingerprint density at radius 2 is 2.00 bits per heavy atom. The van der Waals surface area contributed by atoms with E-state index in [0.29, 0.717) is 26.3 Å². The van der Waals surface area contributed by atoms with E-state index in [0.717, 1.165) is 6.07 Å². The van der Waals surface area contributed by atoms with E-state index < -0.39 is 17.6 Å². The molecule has 1 N–H and O–H groups in total. The molecule has 2 aliphatic heterocycles. The summed E-state index contributed by atoms with van der Waals surface area (Å²) >= 11 is 0. The van der Waals surface area contributed by atoms with Crippen molar-refractivity contribution >= 4 is 11.8 Å². The Hall–Kier alpha value is -2.13. The van der Waals surface area contributed by atoms with Gasteiger partial charge in [-0.3, -0.25) is 9.69 Å². The minimum Gasteiger partial charge on any atom is -0.466 e. The van der Waals surface area contributed by atoms with Crippen LogP contribution in [0.1, 0.15) is 16.7 Å². The van der Waals surface area contributed by atoms with Crippen molar-refractivity contribution in [1.82, 2.24) is 10.3 Å². The minimum absolute atomic E-state index is 0.0296. The lowest BCUT2D eigenvalue weighted by Crippen LogP contribution is -2.36. The first-order valence-electron chi connectivity index (χ1n) is 7.43. The lowest BCUT2D eigenvalue weighted by Gasteiger charge is -2.28. The molecule has 1 amide bonds. The molecule has 0 atom stereocenters. The maximum Gasteiger partial charge on any atom is 0.416 e. The standard InChI is InChI=1S/C15H16F3N3O3/c16-15(17,18)12-7-10(14-20-19-13(22)9-24-14)1-2-11(12)8-21-3-5-23-6-4-21/h1-2,7H,3-6,8-9H2,(H,19,22). The Labute approximate surface area is 136 Å². The number of nitrogens with one attached hydrogen (secondary N) is 1. The Bertz CT molecular complexity index is 655. The van der Waals surface area contributed by atoms with Crippen LogP contribution in [0.3, 0.4) is 0 Å². The molecule has 0 aliphatic carbocycles. The summed E-state index contributed by atoms with van der Waals surface area (Å²) in [7, 11) is 0. The van der Waals surface area contributed by atoms with Crippen LogP contribution in [0.5, 0.6) is 0 Å². The number of alkyl halides is 3. The first-order chi connectivity index (χ1) is 11.4. The molecule has 1 aromatic rings. The lowest BCUT2D eigenvalue weighted by molar-refractivity contribution is -0.138. The van der Waals surface area contributed by atoms with Crippen LogP contribution < -0.4 is 5.43 Å². The SMILES string of the molecule is O=C1COC(c2ccc(CN3CCOCC3)c(C(F)(F)F)c2)=NN1. The first-order valence-corrected chi connectivity index (χ1v) is 7.43. The van der Waals surface area contributed by atoms with Gasteiger partial charge < -0.3 is 9.47 Å². The molecular weight excluding hydrogens is 327 g/mol. The fourth-order valence-electron chi connectivity index (χ4n) is 2.57. The summed E-state index contributed by atoms with van der Waals surface area (Å²) in [6.07, 6.45) is -4.49. The third-order valence-corrected chi connectivity index (χ3v) is 3.78. The van der Waals surface area contributed by atoms with E-state index in [1.165, 1.54) is 12.1 Å². The van der Waals surface area contributed by atoms with Gasteiger partial charge in [-0.25, -0.2) is 5.43 Å². The van der Waals surface area contributed by atoms with Crippen molar-refractivity contribution in [3.05, 3.63) is 34.9 Å². The summed E-state index contributed by atoms with van der Waals surface area (Å²) in [4.78, 5) is 12.9. The van der Waals surface area contributed by atoms with Crippen molar-refractivity contribution < 1.29 is 27.4 Å². The number of hydrogen-bond acceptors (Lipinski definition) is 5. The molecule has 2 aliphatic rings. The van der Waals surface area contributed by atoms with Gasteiger partial charge in [0.15, 0.2) is 6.61 Å². The number of rotatable bonds is 3. The number of nitrogens with zero attached hydrogens (tertiary/aromatic N) is 2. The van der Waals surface area contributed by atoms with Crippen LogP contribution in [-0.2, 0) is 27.0 Å². The van der Waals surface area contributed by atoms with Crippen molar-refractivity contribution in [3.8, 4) is 0 Å². The van der Waals surface area contributed by atoms with Gasteiger partial charge in [0.2, 0.25) is 5.90 Å². The first kappa shape index (κ1) is 16.7. The molecule has 0 bridgehead atoms. The third kappa shape index (κ3) is 3.85. The summed E-state index contributed by atoms with van der Waals surface area (Å²) in [6, 6.07) is 3.95. The van der Waals surface area contributed by atoms with E-state index in [9.17, 15) is 18.0 Å². The second-order valence-corrected chi connectivity index (χ2v) is 5.50. The van der Waals surface area contributed by atoms with Gasteiger partial charge in [0.25, 0.3) is 5.91 Å². The summed E-state index contributed by atoms with van der Waals surface area (Å²) in [6.45, 7) is 2.16. The molecule has 0 spiro atoms. The van der Waals surface area contributed by atoms with Gasteiger partial charge in [0, 0.05) is 25.2 Å². The molecule has 0 unspecified atom stereocenters. The van der Waals surface area contributed by atoms with Crippen molar-refractivity contribution in [2.45, 2.75) is 12.7 Å². The quantitative estimate of drug-likeness (QED) is 0.900. The maximum absolute atomic E-state index is 13.4. The third-order valence-electron chi connectivity index (χ3n) is 3.78. The summed E-state index contributed by atoms with van der Waals surface area (Å²) in [5.41, 5.74) is 1.83. The highest BCUT2D eigenvalue weighted by atomic mass is 19.4. The molecule has 3 rings (SSSR count). The van der Waals surface area contributed by atoms with Gasteiger partial charge in [0.1, 0.15) is 0 Å². The number of hydrogen-bond donors (Lipinski definition) is 1. The fraction of sp³-hybridized carbons (Fsp3) is 0.467. The smallest absolute Gasteiger partial charge is 0.416 e. The summed E-state index contributed by atoms with van der Waals surface area (Å²) in [5.74, 6) is -0.475. The zero-order valence-electron chi connectivity index (χ0n) is 12.7. The number of hydrazone groups is 1. The van der Waals surface area contributed by atoms with Crippen molar-refractivity contribution in [2.24, 2.45) is 5.10 Å². The number of benzene rings is 1. The van der Waals surface area contributed by atoms with E-state index >= 15 is 0 Å². The van der Waals surface area contributed by atoms with Crippen molar-refractivity contribution in [3.63, 3.8) is 0 Å². The van der Waals surface area contributed by atoms with Gasteiger partial charge in [0.05, 0.1) is 18.8 Å². The van der Waals surface area contributed by atoms with Gasteiger partial charge in [-0.2, -0.15) is 13.2 Å². The Kier molecular flexibility index (Phi) is 4.72. The average Bonchev–Trinajstić information content (AvgIpc) is 2.56. The molecule has 6 nitrogen and oxygen atoms in total. The van der Waals surface area contributed by atoms with Crippen LogP contribution >= 0.6 is 0 Å². The topological polar surface area (TPSA) is 63.2 Å². The van der Waals surface area contributed by atoms with E-state index in [2.05, 4.69) is 10.5 Å². The van der Waals surface area contributed by atoms with Gasteiger partial charge in [-0.15, -0.1) is 5.10 Å². The van der Waals surface area contributed by atoms with Crippen molar-refractivity contribution in [2.75, 3.05) is 32.9 Å². The van der Waals surface area contributed by atoms with E-state index in [1.807, 2.05) is 4.90 Å². The minimum atomic E-state index is -4.49. The van der Waals surface area contributed by atoms with Gasteiger partial charge >= 0.3 is 6.18 Å². The van der Waals surface area contributed by atoms with Gasteiger partial charge in [-0.1, -0.05) is 6.07 Å². The van der Waals surface area contributed by atoms with E-state index in [-0.39, 0.29) is 30.2 Å². The number of amides is 1. The maximum atomic E-state index is 13.4. The number of carbonyl (C=O) groups is 1. The molecule has 0 radical (unpaired) electrons. The largest absolute Gasteiger partial charge is 0.466 e. The highest BCUT2D eigenvalue weighted by Gasteiger charge is 2.34. The van der Waals surface area contributed by atoms with Crippen LogP contribution in [-0.4, -0.2) is 49.6 Å². The Balaban J connectivity index is 1.87. The second kappa shape index (κ2) is 6.78. The molecule has 1 saturated heterocycles. The summed E-state index contributed by atoms with van der Waals surface area (Å²) < 4.78 is 50.5. The molecule has 9 heteroatoms. The average molecular weight is 343 g/mol. The molecule has 130 valence electrons. The normalized spacial score (nSPS) is 19.5. The highest BCUT2D eigenvalue weighted by molar-refractivity contribution is 5.98. The number of ether oxygens (including phenoxy) is 2. The zero-order chi connectivity index (χ0) is 17.2. The molecule has 0 saturated carbocycles. The fourth-order valence-corrected chi connectivity index (χ4v) is 2.57. The Morgan fingerprint density at radius 3 is 2.62 bits per heavy atom. The van der Waals surface area contributed by atoms with Gasteiger partial charge in [-0.05, 0) is 17.7 Å². The molecular formula is C15H16F3N3O3. The summed E-state index contributed by atoms with van der Waals surface area (Å²) in [5, 5.41) is 3.65. The molecule has 2 heterocycles. The predicted octanol–water partition coefficient (Wildman–Crippen LogP) is 1.35. The monoisotopic (exact) mass is 343 g/mol. The van der Waals surface area contributed by atoms with Crippen LogP contribution in [0.2, 0.25) is 0 Å². The van der Waals surface area contributed by atoms with E-state index in [4.69, 9.17) is 9.47 Å². The lowest BCUT2D eigenvalue weighted by atomic mass is 10.0. The number of carbonyl (C=O) groups excluding carboxylic acids is 1. The molecule has 0 aromatic heterocycles.